The van der Waals surface area contributed by atoms with Gasteiger partial charge in [-0.15, -0.1) is 34.0 Å². The van der Waals surface area contributed by atoms with E-state index in [4.69, 9.17) is 28.6 Å². The van der Waals surface area contributed by atoms with Crippen molar-refractivity contribution in [2.45, 2.75) is 123 Å². The number of hydrogen-bond acceptors (Lipinski definition) is 14. The quantitative estimate of drug-likeness (QED) is 0.0754. The number of ether oxygens (including phenoxy) is 2. The SMILES string of the molecule is CCOC(=O)c1c(N)sc2c1CCCC2.Clc1ncnc2sc3c(c12)CCCC3.O=C1CCCCC1.O=P(Cl)(Cl)Cl.O=c1[nH]cnc2sc3c(c12)CCCC3.[C-]#[N+]CC(=O)OCC. The van der Waals surface area contributed by atoms with E-state index in [0.29, 0.717) is 34.7 Å². The summed E-state index contributed by atoms with van der Waals surface area (Å²) in [5.74, 6) is -0.233. The number of aromatic amines is 1. The van der Waals surface area contributed by atoms with E-state index in [1.165, 1.54) is 77.0 Å². The standard InChI is InChI=1S/C11H15NO2S.C10H9ClN2S.C10H10N2OS.C6H10O.C5H7NO2.Cl3OP/c1-2-14-11(13)9-7-5-3-4-6-8(7)15-10(9)12;11-9-8-6-3-1-2-4-7(6)14-10(8)13-5-12-9;13-9-8-6-3-1-2-4-7(6)14-10(8)12-5-11-9;7-6-4-2-1-3-5-6;1-3-8-5(7)4-6-2;1-5(2,3)4/h2-6,12H2,1H3;5H,1-4H2;5H,1-4H2,(H,11,12,13);1-5H2;3-4H2,1H3;. The molecule has 0 bridgehead atoms. The first-order valence-electron chi connectivity index (χ1n) is 20.8. The molecule has 0 aromatic carbocycles. The van der Waals surface area contributed by atoms with Gasteiger partial charge in [-0.1, -0.05) is 18.0 Å². The summed E-state index contributed by atoms with van der Waals surface area (Å²) in [6.07, 6.45) is 22.2. The van der Waals surface area contributed by atoms with Crippen LogP contribution in [0.4, 0.5) is 5.00 Å². The number of nitrogens with one attached hydrogen (secondary N) is 1. The van der Waals surface area contributed by atoms with Crippen LogP contribution in [-0.2, 0) is 62.2 Å². The summed E-state index contributed by atoms with van der Waals surface area (Å²) in [5, 5.41) is -0.0317. The third-order valence-electron chi connectivity index (χ3n) is 10.1. The van der Waals surface area contributed by atoms with E-state index in [0.717, 1.165) is 90.2 Å². The molecule has 5 aromatic rings. The zero-order valence-corrected chi connectivity index (χ0v) is 41.6. The molecule has 0 radical (unpaired) electrons. The van der Waals surface area contributed by atoms with Gasteiger partial charge in [0.15, 0.2) is 0 Å². The summed E-state index contributed by atoms with van der Waals surface area (Å²) in [4.78, 5) is 68.1. The van der Waals surface area contributed by atoms with Gasteiger partial charge < -0.3 is 25.0 Å². The van der Waals surface area contributed by atoms with E-state index >= 15 is 0 Å². The molecule has 0 amide bonds. The van der Waals surface area contributed by atoms with Crippen LogP contribution in [0.3, 0.4) is 0 Å². The largest absolute Gasteiger partial charge is 0.462 e. The Morgan fingerprint density at radius 1 is 0.746 bits per heavy atom. The number of aromatic nitrogens is 4. The van der Waals surface area contributed by atoms with Gasteiger partial charge in [0.2, 0.25) is 0 Å². The molecule has 4 aliphatic rings. The van der Waals surface area contributed by atoms with Gasteiger partial charge in [0.1, 0.15) is 31.9 Å². The Labute approximate surface area is 398 Å². The molecular weight excluding hydrogens is 969 g/mol. The molecule has 0 unspecified atom stereocenters. The topological polar surface area (TPSA) is 189 Å². The zero-order valence-electron chi connectivity index (χ0n) is 35.2. The lowest BCUT2D eigenvalue weighted by atomic mass is 9.95. The fourth-order valence-corrected chi connectivity index (χ4v) is 11.3. The highest BCUT2D eigenvalue weighted by Crippen LogP contribution is 2.61. The molecule has 3 N–H and O–H groups in total. The van der Waals surface area contributed by atoms with Crippen molar-refractivity contribution < 1.29 is 28.4 Å². The predicted octanol–water partition coefficient (Wildman–Crippen LogP) is 12.3. The minimum Gasteiger partial charge on any atom is -0.462 e. The molecule has 13 nitrogen and oxygen atoms in total. The minimum absolute atomic E-state index is 0.0226. The molecule has 0 atom stereocenters. The Kier molecular flexibility index (Phi) is 22.3. The molecule has 1 saturated carbocycles. The molecule has 5 aromatic heterocycles. The van der Waals surface area contributed by atoms with E-state index < -0.39 is 11.2 Å². The number of ketones is 1. The minimum atomic E-state index is -3.22. The predicted molar refractivity (Wildman–Crippen MR) is 259 cm³/mol. The monoisotopic (exact) mass is 1020 g/mol. The smallest absolute Gasteiger partial charge is 0.387 e. The first-order valence-corrected chi connectivity index (χ1v) is 28.1. The number of nitrogen functional groups attached to an aromatic ring is 1. The molecule has 4 aliphatic carbocycles. The van der Waals surface area contributed by atoms with Gasteiger partial charge >= 0.3 is 23.7 Å². The van der Waals surface area contributed by atoms with Crippen LogP contribution in [0.15, 0.2) is 17.4 Å². The molecule has 0 spiro atoms. The van der Waals surface area contributed by atoms with Crippen LogP contribution in [0, 0.1) is 6.57 Å². The average molecular weight is 1020 g/mol. The maximum Gasteiger partial charge on any atom is 0.387 e. The zero-order chi connectivity index (χ0) is 45.9. The van der Waals surface area contributed by atoms with Crippen LogP contribution in [0.1, 0.15) is 126 Å². The van der Waals surface area contributed by atoms with Crippen molar-refractivity contribution in [1.29, 1.82) is 0 Å². The Hall–Kier alpha value is -3.13. The van der Waals surface area contributed by atoms with Crippen LogP contribution >= 0.6 is 84.5 Å². The first kappa shape index (κ1) is 52.5. The Bertz CT molecular complexity index is 2460. The maximum absolute atomic E-state index is 11.7. The molecule has 9 rings (SSSR count). The fraction of sp³-hybridized carbons (Fsp3) is 0.524. The van der Waals surface area contributed by atoms with Crippen LogP contribution < -0.4 is 11.3 Å². The third-order valence-corrected chi connectivity index (χ3v) is 13.9. The van der Waals surface area contributed by atoms with E-state index in [9.17, 15) is 23.7 Å². The maximum atomic E-state index is 11.7. The number of esters is 2. The highest BCUT2D eigenvalue weighted by molar-refractivity contribution is 8.24. The summed E-state index contributed by atoms with van der Waals surface area (Å²) in [6.45, 7) is 10.4. The number of hydrogen-bond donors (Lipinski definition) is 2. The van der Waals surface area contributed by atoms with Crippen molar-refractivity contribution in [2.75, 3.05) is 25.5 Å². The molecule has 21 heteroatoms. The van der Waals surface area contributed by atoms with Gasteiger partial charge in [-0.25, -0.2) is 31.1 Å². The van der Waals surface area contributed by atoms with Gasteiger partial charge in [-0.05, 0) is 154 Å². The van der Waals surface area contributed by atoms with Crippen molar-refractivity contribution in [3.8, 4) is 0 Å². The highest BCUT2D eigenvalue weighted by Gasteiger charge is 2.25. The van der Waals surface area contributed by atoms with Gasteiger partial charge in [-0.2, -0.15) is 0 Å². The van der Waals surface area contributed by atoms with Gasteiger partial charge in [0.05, 0.1) is 35.9 Å². The number of H-pyrrole nitrogens is 1. The number of rotatable bonds is 4. The Morgan fingerprint density at radius 3 is 1.76 bits per heavy atom. The second kappa shape index (κ2) is 26.7. The number of Topliss-reactive ketones (excluding diaryl/α,β-unsaturated/α-hetero) is 1. The van der Waals surface area contributed by atoms with E-state index in [1.807, 2.05) is 6.92 Å². The second-order valence-corrected chi connectivity index (χ2v) is 24.8. The third kappa shape index (κ3) is 16.7. The number of anilines is 1. The van der Waals surface area contributed by atoms with E-state index in [1.54, 1.807) is 47.3 Å². The number of carbonyl (C=O) groups is 3. The van der Waals surface area contributed by atoms with Crippen molar-refractivity contribution in [3.05, 3.63) is 76.5 Å². The van der Waals surface area contributed by atoms with Crippen molar-refractivity contribution in [3.63, 3.8) is 0 Å². The molecule has 0 saturated heterocycles. The average Bonchev–Trinajstić information content (AvgIpc) is 3.93. The summed E-state index contributed by atoms with van der Waals surface area (Å²) >= 11 is 24.9. The molecule has 5 heterocycles. The van der Waals surface area contributed by atoms with Crippen molar-refractivity contribution in [2.24, 2.45) is 0 Å². The first-order chi connectivity index (χ1) is 30.2. The summed E-state index contributed by atoms with van der Waals surface area (Å²) in [6, 6.07) is 0. The number of nitrogens with two attached hydrogens (primary N) is 1. The number of aryl methyl sites for hydroxylation is 5. The number of nitrogens with zero attached hydrogens (tertiary/aromatic N) is 4. The lowest BCUT2D eigenvalue weighted by Crippen LogP contribution is -2.10. The molecule has 342 valence electrons. The number of thiophene rings is 3. The molecule has 1 fully saturated rings. The van der Waals surface area contributed by atoms with Gasteiger partial charge in [0, 0.05) is 27.5 Å². The number of halogens is 4. The Balaban J connectivity index is 0.000000173. The van der Waals surface area contributed by atoms with Crippen LogP contribution in [0.5, 0.6) is 0 Å². The van der Waals surface area contributed by atoms with Gasteiger partial charge in [0.25, 0.3) is 5.56 Å². The van der Waals surface area contributed by atoms with Crippen molar-refractivity contribution >= 4 is 128 Å². The summed E-state index contributed by atoms with van der Waals surface area (Å²) in [7, 11) is 0. The Morgan fingerprint density at radius 2 is 1.24 bits per heavy atom. The number of carbonyl (C=O) groups excluding carboxylic acids is 3. The fourth-order valence-electron chi connectivity index (χ4n) is 7.38. The van der Waals surface area contributed by atoms with Crippen LogP contribution in [0.2, 0.25) is 5.15 Å². The van der Waals surface area contributed by atoms with Crippen molar-refractivity contribution in [1.82, 2.24) is 19.9 Å². The lowest BCUT2D eigenvalue weighted by Gasteiger charge is -2.11. The highest BCUT2D eigenvalue weighted by atomic mass is 36.0. The summed E-state index contributed by atoms with van der Waals surface area (Å²) in [5.41, 5.74) is 10.3. The molecule has 0 aliphatic heterocycles. The molecular formula is C42H51Cl4N6O7PS3. The normalized spacial score (nSPS) is 14.9. The van der Waals surface area contributed by atoms with Gasteiger partial charge in [-0.3, -0.25) is 14.2 Å². The second-order valence-electron chi connectivity index (χ2n) is 14.5. The van der Waals surface area contributed by atoms with Crippen LogP contribution in [-0.4, -0.2) is 57.4 Å². The molecule has 63 heavy (non-hydrogen) atoms. The lowest BCUT2D eigenvalue weighted by molar-refractivity contribution is -0.140. The van der Waals surface area contributed by atoms with E-state index in [-0.39, 0.29) is 18.1 Å². The number of fused-ring (bicyclic) bond motifs is 7. The van der Waals surface area contributed by atoms with Crippen LogP contribution in [0.25, 0.3) is 25.3 Å². The van der Waals surface area contributed by atoms with E-state index in [2.05, 4.69) is 63.2 Å². The summed E-state index contributed by atoms with van der Waals surface area (Å²) < 4.78 is 19.0.